The molecule has 2 heterocycles. The molecule has 1 amide bonds. The van der Waals surface area contributed by atoms with Gasteiger partial charge in [0.2, 0.25) is 5.91 Å². The largest absolute Gasteiger partial charge is 0.416 e. The van der Waals surface area contributed by atoms with Crippen LogP contribution in [0.1, 0.15) is 35.5 Å². The Morgan fingerprint density at radius 2 is 1.97 bits per heavy atom. The van der Waals surface area contributed by atoms with Crippen LogP contribution >= 0.6 is 11.6 Å². The Morgan fingerprint density at radius 3 is 2.59 bits per heavy atom. The van der Waals surface area contributed by atoms with Crippen molar-refractivity contribution < 1.29 is 18.0 Å². The lowest BCUT2D eigenvalue weighted by atomic mass is 10.1. The van der Waals surface area contributed by atoms with Crippen LogP contribution < -0.4 is 5.32 Å². The summed E-state index contributed by atoms with van der Waals surface area (Å²) in [7, 11) is 0. The van der Waals surface area contributed by atoms with Gasteiger partial charge in [0.1, 0.15) is 6.04 Å². The predicted octanol–water partition coefficient (Wildman–Crippen LogP) is 4.62. The number of benzene rings is 1. The molecule has 29 heavy (non-hydrogen) atoms. The van der Waals surface area contributed by atoms with Gasteiger partial charge < -0.3 is 5.32 Å². The van der Waals surface area contributed by atoms with Crippen molar-refractivity contribution >= 4 is 23.3 Å². The molecule has 1 unspecified atom stereocenters. The Kier molecular flexibility index (Phi) is 5.70. The molecular formula is C19H19ClF3N5O. The number of rotatable bonds is 5. The molecule has 1 aromatic carbocycles. The van der Waals surface area contributed by atoms with Gasteiger partial charge in [-0.3, -0.25) is 14.2 Å². The van der Waals surface area contributed by atoms with Crippen LogP contribution in [0.15, 0.2) is 36.5 Å². The van der Waals surface area contributed by atoms with E-state index in [2.05, 4.69) is 15.5 Å². The van der Waals surface area contributed by atoms with Crippen molar-refractivity contribution in [1.29, 1.82) is 0 Å². The zero-order chi connectivity index (χ0) is 21.3. The second-order valence-electron chi connectivity index (χ2n) is 6.73. The third-order valence-corrected chi connectivity index (χ3v) is 4.82. The second-order valence-corrected chi connectivity index (χ2v) is 7.14. The van der Waals surface area contributed by atoms with E-state index in [1.54, 1.807) is 39.1 Å². The van der Waals surface area contributed by atoms with Gasteiger partial charge in [-0.2, -0.15) is 23.4 Å². The summed E-state index contributed by atoms with van der Waals surface area (Å²) < 4.78 is 41.7. The van der Waals surface area contributed by atoms with E-state index in [9.17, 15) is 18.0 Å². The molecule has 0 saturated heterocycles. The predicted molar refractivity (Wildman–Crippen MR) is 103 cm³/mol. The van der Waals surface area contributed by atoms with Crippen LogP contribution in [0.25, 0.3) is 0 Å². The van der Waals surface area contributed by atoms with Gasteiger partial charge in [-0.15, -0.1) is 0 Å². The minimum Gasteiger partial charge on any atom is -0.307 e. The van der Waals surface area contributed by atoms with Crippen LogP contribution in [-0.4, -0.2) is 25.5 Å². The number of aryl methyl sites for hydroxylation is 2. The maximum Gasteiger partial charge on any atom is 0.416 e. The fourth-order valence-electron chi connectivity index (χ4n) is 2.76. The number of aromatic nitrogens is 4. The van der Waals surface area contributed by atoms with Crippen LogP contribution in [0.3, 0.4) is 0 Å². The molecule has 0 saturated carbocycles. The Bertz CT molecular complexity index is 1020. The number of nitrogens with zero attached hydrogens (tertiary/aromatic N) is 4. The van der Waals surface area contributed by atoms with Gasteiger partial charge in [0.25, 0.3) is 0 Å². The maximum absolute atomic E-state index is 12.9. The highest BCUT2D eigenvalue weighted by Gasteiger charge is 2.30. The molecule has 2 aromatic heterocycles. The van der Waals surface area contributed by atoms with Gasteiger partial charge in [-0.25, -0.2) is 0 Å². The first-order valence-corrected chi connectivity index (χ1v) is 9.15. The lowest BCUT2D eigenvalue weighted by Gasteiger charge is -2.11. The van der Waals surface area contributed by atoms with Crippen LogP contribution in [0.5, 0.6) is 0 Å². The summed E-state index contributed by atoms with van der Waals surface area (Å²) in [5.41, 5.74) is 1.06. The van der Waals surface area contributed by atoms with Crippen molar-refractivity contribution in [2.24, 2.45) is 0 Å². The standard InChI is InChI=1S/C19H19ClF3N5O/c1-11-7-17(24-18(29)13(3)28-10-16(20)12(2)25-28)26-27(11)9-14-5-4-6-15(8-14)19(21,22)23/h4-8,10,13H,9H2,1-3H3,(H,24,26,29). The molecule has 1 atom stereocenters. The van der Waals surface area contributed by atoms with Gasteiger partial charge in [-0.05, 0) is 38.5 Å². The van der Waals surface area contributed by atoms with Crippen molar-refractivity contribution in [2.45, 2.75) is 39.5 Å². The van der Waals surface area contributed by atoms with E-state index in [0.717, 1.165) is 12.1 Å². The monoisotopic (exact) mass is 425 g/mol. The summed E-state index contributed by atoms with van der Waals surface area (Å²) in [6, 6.07) is 6.11. The van der Waals surface area contributed by atoms with E-state index in [4.69, 9.17) is 11.6 Å². The molecule has 0 aliphatic heterocycles. The number of hydrogen-bond donors (Lipinski definition) is 1. The van der Waals surface area contributed by atoms with E-state index >= 15 is 0 Å². The lowest BCUT2D eigenvalue weighted by Crippen LogP contribution is -2.24. The summed E-state index contributed by atoms with van der Waals surface area (Å²) in [6.07, 6.45) is -2.84. The summed E-state index contributed by atoms with van der Waals surface area (Å²) in [4.78, 5) is 12.5. The van der Waals surface area contributed by atoms with E-state index in [1.165, 1.54) is 15.4 Å². The fraction of sp³-hybridized carbons (Fsp3) is 0.316. The van der Waals surface area contributed by atoms with E-state index in [1.807, 2.05) is 0 Å². The van der Waals surface area contributed by atoms with Crippen molar-refractivity contribution in [3.05, 3.63) is 64.1 Å². The first-order valence-electron chi connectivity index (χ1n) is 8.77. The zero-order valence-electron chi connectivity index (χ0n) is 16.0. The molecule has 10 heteroatoms. The van der Waals surface area contributed by atoms with Gasteiger partial charge in [0.15, 0.2) is 5.82 Å². The molecular weight excluding hydrogens is 407 g/mol. The number of halogens is 4. The fourth-order valence-corrected chi connectivity index (χ4v) is 2.90. The number of anilines is 1. The number of carbonyl (C=O) groups excluding carboxylic acids is 1. The number of alkyl halides is 3. The summed E-state index contributed by atoms with van der Waals surface area (Å²) in [5, 5.41) is 11.6. The normalized spacial score (nSPS) is 12.8. The smallest absolute Gasteiger partial charge is 0.307 e. The molecule has 3 aromatic rings. The number of amides is 1. The molecule has 1 N–H and O–H groups in total. The minimum absolute atomic E-state index is 0.148. The zero-order valence-corrected chi connectivity index (χ0v) is 16.7. The van der Waals surface area contributed by atoms with Crippen LogP contribution in [0, 0.1) is 13.8 Å². The number of nitrogens with one attached hydrogen (secondary N) is 1. The van der Waals surface area contributed by atoms with Gasteiger partial charge in [0.05, 0.1) is 22.8 Å². The SMILES string of the molecule is Cc1nn(C(C)C(=O)Nc2cc(C)n(Cc3cccc(C(F)(F)F)c3)n2)cc1Cl. The molecule has 0 radical (unpaired) electrons. The van der Waals surface area contributed by atoms with E-state index in [-0.39, 0.29) is 12.5 Å². The van der Waals surface area contributed by atoms with Crippen LogP contribution in [-0.2, 0) is 17.5 Å². The van der Waals surface area contributed by atoms with Gasteiger partial charge in [-0.1, -0.05) is 23.7 Å². The molecule has 3 rings (SSSR count). The highest BCUT2D eigenvalue weighted by atomic mass is 35.5. The van der Waals surface area contributed by atoms with Gasteiger partial charge >= 0.3 is 6.18 Å². The number of hydrogen-bond acceptors (Lipinski definition) is 3. The first-order chi connectivity index (χ1) is 13.5. The van der Waals surface area contributed by atoms with E-state index in [0.29, 0.717) is 27.8 Å². The molecule has 0 aliphatic carbocycles. The molecule has 6 nitrogen and oxygen atoms in total. The Labute approximate surface area is 170 Å². The topological polar surface area (TPSA) is 64.7 Å². The Balaban J connectivity index is 1.72. The minimum atomic E-state index is -4.40. The maximum atomic E-state index is 12.9. The average Bonchev–Trinajstić information content (AvgIpc) is 3.15. The average molecular weight is 426 g/mol. The number of carbonyl (C=O) groups is 1. The van der Waals surface area contributed by atoms with Crippen molar-refractivity contribution in [2.75, 3.05) is 5.32 Å². The van der Waals surface area contributed by atoms with Crippen LogP contribution in [0.4, 0.5) is 19.0 Å². The quantitative estimate of drug-likeness (QED) is 0.649. The molecule has 0 bridgehead atoms. The summed E-state index contributed by atoms with van der Waals surface area (Å²) >= 11 is 5.98. The molecule has 154 valence electrons. The lowest BCUT2D eigenvalue weighted by molar-refractivity contribution is -0.137. The van der Waals surface area contributed by atoms with Crippen molar-refractivity contribution in [1.82, 2.24) is 19.6 Å². The summed E-state index contributed by atoms with van der Waals surface area (Å²) in [5.74, 6) is -0.0332. The Hall–Kier alpha value is -2.81. The molecule has 0 aliphatic rings. The van der Waals surface area contributed by atoms with Gasteiger partial charge in [0, 0.05) is 18.0 Å². The first kappa shape index (κ1) is 20.9. The van der Waals surface area contributed by atoms with Crippen molar-refractivity contribution in [3.8, 4) is 0 Å². The van der Waals surface area contributed by atoms with Crippen molar-refractivity contribution in [3.63, 3.8) is 0 Å². The van der Waals surface area contributed by atoms with Crippen LogP contribution in [0.2, 0.25) is 5.02 Å². The highest BCUT2D eigenvalue weighted by molar-refractivity contribution is 6.31. The highest BCUT2D eigenvalue weighted by Crippen LogP contribution is 2.29. The van der Waals surface area contributed by atoms with E-state index < -0.39 is 17.8 Å². The third kappa shape index (κ3) is 4.79. The molecule has 0 spiro atoms. The molecule has 0 fully saturated rings. The second kappa shape index (κ2) is 7.90. The third-order valence-electron chi connectivity index (χ3n) is 4.45. The summed E-state index contributed by atoms with van der Waals surface area (Å²) in [6.45, 7) is 5.32. The Morgan fingerprint density at radius 1 is 1.24 bits per heavy atom.